The van der Waals surface area contributed by atoms with E-state index in [2.05, 4.69) is 26.9 Å². The molecule has 0 saturated carbocycles. The van der Waals surface area contributed by atoms with Gasteiger partial charge in [0.1, 0.15) is 12.4 Å². The van der Waals surface area contributed by atoms with Gasteiger partial charge in [0.2, 0.25) is 5.91 Å². The molecule has 3 aromatic rings. The van der Waals surface area contributed by atoms with E-state index in [-0.39, 0.29) is 17.9 Å². The van der Waals surface area contributed by atoms with Crippen LogP contribution >= 0.6 is 11.6 Å². The predicted molar refractivity (Wildman–Crippen MR) is 164 cm³/mol. The van der Waals surface area contributed by atoms with Crippen molar-refractivity contribution in [2.75, 3.05) is 19.6 Å². The molecule has 6 nitrogen and oxygen atoms in total. The summed E-state index contributed by atoms with van der Waals surface area (Å²) in [4.78, 5) is 22.3. The van der Waals surface area contributed by atoms with Crippen LogP contribution in [0.25, 0.3) is 5.57 Å². The molecule has 1 aromatic heterocycles. The zero-order valence-corrected chi connectivity index (χ0v) is 25.2. The van der Waals surface area contributed by atoms with Gasteiger partial charge in [-0.1, -0.05) is 55.8 Å². The van der Waals surface area contributed by atoms with E-state index in [4.69, 9.17) is 16.3 Å². The van der Waals surface area contributed by atoms with Crippen molar-refractivity contribution in [2.45, 2.75) is 65.3 Å². The van der Waals surface area contributed by atoms with Crippen LogP contribution in [0.2, 0.25) is 5.02 Å². The molecule has 2 aliphatic heterocycles. The highest BCUT2D eigenvalue weighted by atomic mass is 35.5. The van der Waals surface area contributed by atoms with E-state index in [1.807, 2.05) is 62.4 Å². The molecule has 1 atom stereocenters. The Kier molecular flexibility index (Phi) is 8.83. The van der Waals surface area contributed by atoms with Crippen molar-refractivity contribution >= 4 is 23.1 Å². The molecule has 2 aromatic carbocycles. The smallest absolute Gasteiger partial charge is 0.225 e. The van der Waals surface area contributed by atoms with E-state index in [0.717, 1.165) is 71.7 Å². The average Bonchev–Trinajstić information content (AvgIpc) is 3.35. The molecule has 0 bridgehead atoms. The Morgan fingerprint density at radius 1 is 1.20 bits per heavy atom. The van der Waals surface area contributed by atoms with Crippen molar-refractivity contribution < 1.29 is 14.6 Å². The minimum atomic E-state index is -0.958. The predicted octanol–water partition coefficient (Wildman–Crippen LogP) is 6.44. The van der Waals surface area contributed by atoms with E-state index >= 15 is 0 Å². The largest absolute Gasteiger partial charge is 0.487 e. The Morgan fingerprint density at radius 3 is 2.71 bits per heavy atom. The number of likely N-dealkylation sites (tertiary alicyclic amines) is 1. The normalized spacial score (nSPS) is 18.1. The molecule has 41 heavy (non-hydrogen) atoms. The Morgan fingerprint density at radius 2 is 1.98 bits per heavy atom. The molecular weight excluding hydrogens is 534 g/mol. The van der Waals surface area contributed by atoms with Crippen molar-refractivity contribution in [1.82, 2.24) is 14.8 Å². The third-order valence-corrected chi connectivity index (χ3v) is 8.30. The van der Waals surface area contributed by atoms with E-state index in [1.54, 1.807) is 20.0 Å². The Hall–Kier alpha value is -3.19. The van der Waals surface area contributed by atoms with Crippen molar-refractivity contribution in [3.8, 4) is 5.75 Å². The molecule has 7 heteroatoms. The Labute approximate surface area is 248 Å². The van der Waals surface area contributed by atoms with Crippen molar-refractivity contribution in [2.24, 2.45) is 5.92 Å². The molecule has 1 saturated heterocycles. The maximum absolute atomic E-state index is 13.2. The van der Waals surface area contributed by atoms with Gasteiger partial charge in [0.15, 0.2) is 0 Å². The highest BCUT2D eigenvalue weighted by Crippen LogP contribution is 2.38. The number of aromatic nitrogens is 1. The van der Waals surface area contributed by atoms with Gasteiger partial charge in [0.05, 0.1) is 11.3 Å². The van der Waals surface area contributed by atoms with Crippen LogP contribution in [-0.2, 0) is 23.5 Å². The summed E-state index contributed by atoms with van der Waals surface area (Å²) in [7, 11) is 0. The number of hydrogen-bond donors (Lipinski definition) is 1. The number of halogens is 1. The first-order chi connectivity index (χ1) is 19.6. The molecule has 1 fully saturated rings. The second-order valence-corrected chi connectivity index (χ2v) is 12.4. The number of nitrogens with zero attached hydrogens (tertiary/aromatic N) is 3. The average molecular weight is 574 g/mol. The minimum Gasteiger partial charge on any atom is -0.487 e. The second kappa shape index (κ2) is 12.4. The zero-order chi connectivity index (χ0) is 29.1. The van der Waals surface area contributed by atoms with Crippen LogP contribution in [0.15, 0.2) is 66.9 Å². The van der Waals surface area contributed by atoms with Crippen LogP contribution in [0.1, 0.15) is 68.5 Å². The van der Waals surface area contributed by atoms with Gasteiger partial charge < -0.3 is 19.6 Å². The highest BCUT2D eigenvalue weighted by Gasteiger charge is 2.32. The summed E-state index contributed by atoms with van der Waals surface area (Å²) in [5, 5.41) is 11.4. The fraction of sp³-hybridized carbons (Fsp3) is 0.412. The lowest BCUT2D eigenvalue weighted by Gasteiger charge is -2.31. The first-order valence-corrected chi connectivity index (χ1v) is 14.9. The van der Waals surface area contributed by atoms with E-state index < -0.39 is 5.60 Å². The maximum atomic E-state index is 13.2. The summed E-state index contributed by atoms with van der Waals surface area (Å²) >= 11 is 6.09. The van der Waals surface area contributed by atoms with Gasteiger partial charge >= 0.3 is 0 Å². The van der Waals surface area contributed by atoms with Gasteiger partial charge in [-0.2, -0.15) is 0 Å². The number of aliphatic hydroxyl groups is 1. The number of benzene rings is 2. The molecule has 0 unspecified atom stereocenters. The van der Waals surface area contributed by atoms with Gasteiger partial charge in [-0.25, -0.2) is 0 Å². The molecule has 0 aliphatic carbocycles. The van der Waals surface area contributed by atoms with Crippen LogP contribution in [0.5, 0.6) is 5.75 Å². The maximum Gasteiger partial charge on any atom is 0.225 e. The lowest BCUT2D eigenvalue weighted by Crippen LogP contribution is -2.43. The monoisotopic (exact) mass is 573 g/mol. The van der Waals surface area contributed by atoms with Crippen LogP contribution in [0.4, 0.5) is 0 Å². The fourth-order valence-corrected chi connectivity index (χ4v) is 5.85. The summed E-state index contributed by atoms with van der Waals surface area (Å²) in [6.45, 7) is 11.3. The Balaban J connectivity index is 1.34. The van der Waals surface area contributed by atoms with Crippen LogP contribution in [-0.4, -0.2) is 51.5 Å². The first kappa shape index (κ1) is 29.3. The number of fused-ring (bicyclic) bond motifs is 2. The second-order valence-electron chi connectivity index (χ2n) is 12.0. The molecule has 216 valence electrons. The van der Waals surface area contributed by atoms with Crippen molar-refractivity contribution in [1.29, 1.82) is 0 Å². The molecule has 0 radical (unpaired) electrons. The molecule has 3 heterocycles. The third kappa shape index (κ3) is 6.83. The fourth-order valence-electron chi connectivity index (χ4n) is 5.72. The Bertz CT molecular complexity index is 1410. The third-order valence-electron chi connectivity index (χ3n) is 8.05. The van der Waals surface area contributed by atoms with Crippen LogP contribution in [0, 0.1) is 5.92 Å². The van der Waals surface area contributed by atoms with E-state index in [9.17, 15) is 9.90 Å². The lowest BCUT2D eigenvalue weighted by atomic mass is 9.90. The number of rotatable bonds is 8. The summed E-state index contributed by atoms with van der Waals surface area (Å²) < 4.78 is 6.15. The number of ether oxygens (including phenoxy) is 1. The molecule has 0 spiro atoms. The standard InChI is InChI=1S/C34H40ClN3O3/c1-23(2)33(39)38(20-24-9-12-26(35)13-10-24)27-15-18-37(21-27)17-6-8-28-29-7-5-16-36-31(29)22-41-32-14-11-25(19-30(28)32)34(3,4)40/h5,7-14,16,19,23,27,40H,6,15,17-18,20-22H2,1-4H3/b28-8+/t27-/m0/s1. The lowest BCUT2D eigenvalue weighted by molar-refractivity contribution is -0.137. The quantitative estimate of drug-likeness (QED) is 0.336. The summed E-state index contributed by atoms with van der Waals surface area (Å²) in [6, 6.07) is 18.0. The molecular formula is C34H40ClN3O3. The SMILES string of the molecule is CC(C)C(=O)N(Cc1ccc(Cl)cc1)[C@H]1CCN(CC/C=C2/c3cc(C(C)(C)O)ccc3OCc3ncccc32)C1. The summed E-state index contributed by atoms with van der Waals surface area (Å²) in [5.41, 5.74) is 5.02. The summed E-state index contributed by atoms with van der Waals surface area (Å²) in [6.07, 6.45) is 5.88. The number of carbonyl (C=O) groups is 1. The molecule has 1 N–H and O–H groups in total. The molecule has 5 rings (SSSR count). The molecule has 2 aliphatic rings. The minimum absolute atomic E-state index is 0.0546. The van der Waals surface area contributed by atoms with Gasteiger partial charge in [0.25, 0.3) is 0 Å². The molecule has 1 amide bonds. The number of pyridine rings is 1. The van der Waals surface area contributed by atoms with Crippen LogP contribution < -0.4 is 4.74 Å². The zero-order valence-electron chi connectivity index (χ0n) is 24.4. The van der Waals surface area contributed by atoms with Gasteiger partial charge in [-0.15, -0.1) is 0 Å². The topological polar surface area (TPSA) is 65.9 Å². The van der Waals surface area contributed by atoms with E-state index in [0.29, 0.717) is 18.2 Å². The van der Waals surface area contributed by atoms with Crippen molar-refractivity contribution in [3.63, 3.8) is 0 Å². The number of carbonyl (C=O) groups excluding carboxylic acids is 1. The van der Waals surface area contributed by atoms with Gasteiger partial charge in [-0.05, 0) is 73.7 Å². The first-order valence-electron chi connectivity index (χ1n) is 14.5. The van der Waals surface area contributed by atoms with E-state index in [1.165, 1.54) is 0 Å². The number of amides is 1. The van der Waals surface area contributed by atoms with Crippen LogP contribution in [0.3, 0.4) is 0 Å². The summed E-state index contributed by atoms with van der Waals surface area (Å²) in [5.74, 6) is 0.935. The van der Waals surface area contributed by atoms with Gasteiger partial charge in [-0.3, -0.25) is 9.78 Å². The van der Waals surface area contributed by atoms with Gasteiger partial charge in [0, 0.05) is 60.5 Å². The van der Waals surface area contributed by atoms with Crippen molar-refractivity contribution in [3.05, 3.63) is 99.8 Å². The number of hydrogen-bond acceptors (Lipinski definition) is 5. The highest BCUT2D eigenvalue weighted by molar-refractivity contribution is 6.30.